The van der Waals surface area contributed by atoms with Crippen molar-refractivity contribution in [2.75, 3.05) is 0 Å². The fourth-order valence-electron chi connectivity index (χ4n) is 1.30. The van der Waals surface area contributed by atoms with Crippen molar-refractivity contribution in [3.8, 4) is 0 Å². The molecule has 0 aliphatic heterocycles. The fourth-order valence-corrected chi connectivity index (χ4v) is 2.17. The monoisotopic (exact) mass is 182 g/mol. The second-order valence-electron chi connectivity index (χ2n) is 4.10. The summed E-state index contributed by atoms with van der Waals surface area (Å²) in [7, 11) is -1.39. The van der Waals surface area contributed by atoms with E-state index >= 15 is 0 Å². The van der Waals surface area contributed by atoms with Crippen LogP contribution in [0.2, 0.25) is 19.6 Å². The minimum absolute atomic E-state index is 1.06. The summed E-state index contributed by atoms with van der Waals surface area (Å²) in [4.78, 5) is 0. The predicted molar refractivity (Wildman–Crippen MR) is 55.5 cm³/mol. The largest absolute Gasteiger partial charge is 0.544 e. The van der Waals surface area contributed by atoms with E-state index in [0.717, 1.165) is 18.6 Å². The maximum atomic E-state index is 5.93. The Hall–Kier alpha value is -0.503. The van der Waals surface area contributed by atoms with Crippen LogP contribution < -0.4 is 0 Å². The van der Waals surface area contributed by atoms with Crippen molar-refractivity contribution in [3.63, 3.8) is 0 Å². The van der Waals surface area contributed by atoms with Crippen LogP contribution in [0.3, 0.4) is 0 Å². The minimum atomic E-state index is -1.39. The molecule has 68 valence electrons. The molecule has 12 heavy (non-hydrogen) atoms. The molecule has 1 nitrogen and oxygen atoms in total. The van der Waals surface area contributed by atoms with Gasteiger partial charge < -0.3 is 4.43 Å². The molecule has 0 spiro atoms. The molecule has 0 bridgehead atoms. The molecule has 0 saturated carbocycles. The molecular weight excluding hydrogens is 164 g/mol. The zero-order valence-corrected chi connectivity index (χ0v) is 9.48. The van der Waals surface area contributed by atoms with E-state index in [1.807, 2.05) is 0 Å². The first-order valence-corrected chi connectivity index (χ1v) is 8.02. The van der Waals surface area contributed by atoms with Gasteiger partial charge in [0.2, 0.25) is 8.32 Å². The van der Waals surface area contributed by atoms with Gasteiger partial charge in [-0.1, -0.05) is 13.0 Å². The predicted octanol–water partition coefficient (Wildman–Crippen LogP) is 3.46. The Kier molecular flexibility index (Phi) is 2.78. The van der Waals surface area contributed by atoms with Crippen LogP contribution in [-0.4, -0.2) is 8.32 Å². The molecule has 0 aromatic carbocycles. The number of hydrogen-bond acceptors (Lipinski definition) is 1. The summed E-state index contributed by atoms with van der Waals surface area (Å²) in [6, 6.07) is 0. The van der Waals surface area contributed by atoms with E-state index in [1.165, 1.54) is 5.57 Å². The third-order valence-electron chi connectivity index (χ3n) is 1.78. The highest BCUT2D eigenvalue weighted by Gasteiger charge is 2.20. The molecule has 1 aliphatic rings. The van der Waals surface area contributed by atoms with Crippen molar-refractivity contribution in [1.29, 1.82) is 0 Å². The van der Waals surface area contributed by atoms with E-state index in [0.29, 0.717) is 0 Å². The molecule has 1 rings (SSSR count). The lowest BCUT2D eigenvalue weighted by Gasteiger charge is -2.21. The van der Waals surface area contributed by atoms with Crippen LogP contribution in [0, 0.1) is 0 Å². The van der Waals surface area contributed by atoms with Crippen molar-refractivity contribution < 1.29 is 4.43 Å². The molecular formula is C10H18OSi. The van der Waals surface area contributed by atoms with Gasteiger partial charge in [-0.2, -0.15) is 0 Å². The van der Waals surface area contributed by atoms with Crippen molar-refractivity contribution >= 4 is 8.32 Å². The third kappa shape index (κ3) is 2.52. The lowest BCUT2D eigenvalue weighted by molar-refractivity contribution is 0.431. The van der Waals surface area contributed by atoms with Crippen molar-refractivity contribution in [2.24, 2.45) is 0 Å². The Morgan fingerprint density at radius 3 is 2.50 bits per heavy atom. The summed E-state index contributed by atoms with van der Waals surface area (Å²) in [5.74, 6) is 1.15. The molecule has 0 saturated heterocycles. The van der Waals surface area contributed by atoms with Crippen molar-refractivity contribution in [3.05, 3.63) is 23.5 Å². The smallest absolute Gasteiger partial charge is 0.242 e. The first kappa shape index (κ1) is 9.58. The average molecular weight is 182 g/mol. The highest BCUT2D eigenvalue weighted by Crippen LogP contribution is 2.25. The Morgan fingerprint density at radius 2 is 2.00 bits per heavy atom. The second-order valence-corrected chi connectivity index (χ2v) is 8.53. The average Bonchev–Trinajstić information content (AvgIpc) is 2.31. The Balaban J connectivity index is 2.60. The van der Waals surface area contributed by atoms with E-state index in [4.69, 9.17) is 4.43 Å². The second kappa shape index (κ2) is 3.48. The quantitative estimate of drug-likeness (QED) is 0.607. The molecule has 1 aliphatic carbocycles. The zero-order chi connectivity index (χ0) is 9.19. The molecule has 0 unspecified atom stereocenters. The van der Waals surface area contributed by atoms with Gasteiger partial charge in [-0.15, -0.1) is 0 Å². The molecule has 0 amide bonds. The normalized spacial score (nSPS) is 17.3. The van der Waals surface area contributed by atoms with Gasteiger partial charge in [-0.25, -0.2) is 0 Å². The van der Waals surface area contributed by atoms with Crippen molar-refractivity contribution in [2.45, 2.75) is 39.4 Å². The molecule has 0 radical (unpaired) electrons. The van der Waals surface area contributed by atoms with Crippen LogP contribution in [-0.2, 0) is 4.43 Å². The van der Waals surface area contributed by atoms with Gasteiger partial charge in [-0.3, -0.25) is 0 Å². The molecule has 2 heteroatoms. The van der Waals surface area contributed by atoms with E-state index in [9.17, 15) is 0 Å². The molecule has 0 aromatic heterocycles. The first-order valence-electron chi connectivity index (χ1n) is 4.61. The van der Waals surface area contributed by atoms with Gasteiger partial charge in [0.25, 0.3) is 0 Å². The van der Waals surface area contributed by atoms with Crippen LogP contribution in [0.4, 0.5) is 0 Å². The number of hydrogen-bond donors (Lipinski definition) is 0. The number of rotatable bonds is 3. The Labute approximate surface area is 76.3 Å². The molecule has 0 atom stereocenters. The molecule has 0 heterocycles. The lowest BCUT2D eigenvalue weighted by atomic mass is 10.2. The molecule has 0 N–H and O–H groups in total. The van der Waals surface area contributed by atoms with Crippen molar-refractivity contribution in [1.82, 2.24) is 0 Å². The maximum Gasteiger partial charge on any atom is 0.242 e. The SMILES string of the molecule is CCC1=CCC=C1O[Si](C)(C)C. The maximum absolute atomic E-state index is 5.93. The van der Waals surface area contributed by atoms with Gasteiger partial charge >= 0.3 is 0 Å². The van der Waals surface area contributed by atoms with Gasteiger partial charge in [-0.05, 0) is 44.1 Å². The van der Waals surface area contributed by atoms with E-state index < -0.39 is 8.32 Å². The van der Waals surface area contributed by atoms with Gasteiger partial charge in [0.15, 0.2) is 0 Å². The van der Waals surface area contributed by atoms with Crippen LogP contribution >= 0.6 is 0 Å². The van der Waals surface area contributed by atoms with Crippen LogP contribution in [0.25, 0.3) is 0 Å². The van der Waals surface area contributed by atoms with Crippen LogP contribution in [0.5, 0.6) is 0 Å². The highest BCUT2D eigenvalue weighted by atomic mass is 28.4. The Bertz CT molecular complexity index is 220. The highest BCUT2D eigenvalue weighted by molar-refractivity contribution is 6.70. The lowest BCUT2D eigenvalue weighted by Crippen LogP contribution is -2.24. The molecule has 0 fully saturated rings. The zero-order valence-electron chi connectivity index (χ0n) is 8.48. The summed E-state index contributed by atoms with van der Waals surface area (Å²) >= 11 is 0. The minimum Gasteiger partial charge on any atom is -0.544 e. The number of allylic oxidation sites excluding steroid dienone is 3. The summed E-state index contributed by atoms with van der Waals surface area (Å²) < 4.78 is 5.93. The third-order valence-corrected chi connectivity index (χ3v) is 2.61. The standard InChI is InChI=1S/C10H18OSi/c1-5-9-7-6-8-10(9)11-12(2,3)4/h7-8H,5-6H2,1-4H3. The van der Waals surface area contributed by atoms with Gasteiger partial charge in [0.1, 0.15) is 5.76 Å². The fraction of sp³-hybridized carbons (Fsp3) is 0.600. The molecule has 0 aromatic rings. The summed E-state index contributed by atoms with van der Waals surface area (Å²) in [5, 5.41) is 0. The Morgan fingerprint density at radius 1 is 1.33 bits per heavy atom. The van der Waals surface area contributed by atoms with Gasteiger partial charge in [0, 0.05) is 0 Å². The summed E-state index contributed by atoms with van der Waals surface area (Å²) in [6.07, 6.45) is 6.60. The topological polar surface area (TPSA) is 9.23 Å². The van der Waals surface area contributed by atoms with Gasteiger partial charge in [0.05, 0.1) is 0 Å². The first-order chi connectivity index (χ1) is 5.53. The van der Waals surface area contributed by atoms with E-state index in [2.05, 4.69) is 38.7 Å². The van der Waals surface area contributed by atoms with E-state index in [1.54, 1.807) is 0 Å². The van der Waals surface area contributed by atoms with Crippen LogP contribution in [0.1, 0.15) is 19.8 Å². The summed E-state index contributed by atoms with van der Waals surface area (Å²) in [6.45, 7) is 8.84. The van der Waals surface area contributed by atoms with E-state index in [-0.39, 0.29) is 0 Å². The van der Waals surface area contributed by atoms with Crippen LogP contribution in [0.15, 0.2) is 23.5 Å². The summed E-state index contributed by atoms with van der Waals surface area (Å²) in [5.41, 5.74) is 1.39.